The Labute approximate surface area is 121 Å². The van der Waals surface area contributed by atoms with Crippen LogP contribution in [0.2, 0.25) is 0 Å². The Hall–Kier alpha value is -1.80. The average molecular weight is 266 g/mol. The summed E-state index contributed by atoms with van der Waals surface area (Å²) in [6.07, 6.45) is 1.19. The lowest BCUT2D eigenvalue weighted by Gasteiger charge is -2.32. The van der Waals surface area contributed by atoms with Gasteiger partial charge in [0.05, 0.1) is 6.04 Å². The van der Waals surface area contributed by atoms with Crippen molar-refractivity contribution in [2.75, 3.05) is 24.5 Å². The number of hydrogen-bond acceptors (Lipinski definition) is 2. The molecule has 3 rings (SSSR count). The molecule has 2 aromatic rings. The van der Waals surface area contributed by atoms with Crippen molar-refractivity contribution in [2.24, 2.45) is 0 Å². The number of benzene rings is 2. The first kappa shape index (κ1) is 13.2. The molecule has 1 N–H and O–H groups in total. The first-order valence-electron chi connectivity index (χ1n) is 7.52. The van der Waals surface area contributed by atoms with Gasteiger partial charge >= 0.3 is 0 Å². The minimum Gasteiger partial charge on any atom is -0.371 e. The van der Waals surface area contributed by atoms with Gasteiger partial charge in [0, 0.05) is 18.8 Å². The average Bonchev–Trinajstić information content (AvgIpc) is 2.50. The Morgan fingerprint density at radius 1 is 1.05 bits per heavy atom. The molecule has 0 aliphatic carbocycles. The zero-order valence-corrected chi connectivity index (χ0v) is 12.0. The van der Waals surface area contributed by atoms with Crippen molar-refractivity contribution in [3.63, 3.8) is 0 Å². The van der Waals surface area contributed by atoms with E-state index in [1.807, 2.05) is 0 Å². The summed E-state index contributed by atoms with van der Waals surface area (Å²) in [4.78, 5) is 2.49. The lowest BCUT2D eigenvalue weighted by molar-refractivity contribution is 0.561. The van der Waals surface area contributed by atoms with Crippen molar-refractivity contribution in [3.8, 4) is 0 Å². The van der Waals surface area contributed by atoms with Crippen LogP contribution in [-0.2, 0) is 0 Å². The highest BCUT2D eigenvalue weighted by molar-refractivity contribution is 5.57. The van der Waals surface area contributed by atoms with Crippen molar-refractivity contribution in [1.82, 2.24) is 5.32 Å². The monoisotopic (exact) mass is 266 g/mol. The second-order valence-corrected chi connectivity index (χ2v) is 5.29. The predicted molar refractivity (Wildman–Crippen MR) is 85.2 cm³/mol. The number of nitrogens with one attached hydrogen (secondary N) is 1. The van der Waals surface area contributed by atoms with Crippen LogP contribution in [-0.4, -0.2) is 19.6 Å². The molecule has 0 fully saturated rings. The van der Waals surface area contributed by atoms with Gasteiger partial charge in [0.1, 0.15) is 0 Å². The molecule has 0 aromatic heterocycles. The van der Waals surface area contributed by atoms with Gasteiger partial charge in [-0.3, -0.25) is 0 Å². The molecule has 104 valence electrons. The van der Waals surface area contributed by atoms with Crippen molar-refractivity contribution >= 4 is 5.69 Å². The van der Waals surface area contributed by atoms with Crippen LogP contribution >= 0.6 is 0 Å². The molecule has 1 unspecified atom stereocenters. The molecule has 1 atom stereocenters. The van der Waals surface area contributed by atoms with E-state index in [2.05, 4.69) is 71.7 Å². The molecule has 1 heterocycles. The smallest absolute Gasteiger partial charge is 0.0597 e. The summed E-state index contributed by atoms with van der Waals surface area (Å²) in [5, 5.41) is 3.71. The Bertz CT molecular complexity index is 550. The zero-order valence-electron chi connectivity index (χ0n) is 12.0. The van der Waals surface area contributed by atoms with Gasteiger partial charge in [-0.2, -0.15) is 0 Å². The van der Waals surface area contributed by atoms with Crippen molar-refractivity contribution in [2.45, 2.75) is 19.4 Å². The maximum absolute atomic E-state index is 3.71. The molecule has 2 aromatic carbocycles. The topological polar surface area (TPSA) is 15.3 Å². The highest BCUT2D eigenvalue weighted by Gasteiger charge is 2.21. The lowest BCUT2D eigenvalue weighted by atomic mass is 9.95. The van der Waals surface area contributed by atoms with Gasteiger partial charge in [-0.15, -0.1) is 0 Å². The van der Waals surface area contributed by atoms with Crippen LogP contribution in [0.25, 0.3) is 0 Å². The molecule has 0 bridgehead atoms. The summed E-state index contributed by atoms with van der Waals surface area (Å²) >= 11 is 0. The van der Waals surface area contributed by atoms with Gasteiger partial charge in [0.2, 0.25) is 0 Å². The first-order chi connectivity index (χ1) is 9.90. The highest BCUT2D eigenvalue weighted by Crippen LogP contribution is 2.32. The molecule has 1 aliphatic rings. The number of anilines is 1. The van der Waals surface area contributed by atoms with E-state index >= 15 is 0 Å². The van der Waals surface area contributed by atoms with Gasteiger partial charge in [0.15, 0.2) is 0 Å². The van der Waals surface area contributed by atoms with Gasteiger partial charge in [-0.25, -0.2) is 0 Å². The van der Waals surface area contributed by atoms with Crippen LogP contribution in [0.5, 0.6) is 0 Å². The van der Waals surface area contributed by atoms with Gasteiger partial charge < -0.3 is 10.2 Å². The third-order valence-electron chi connectivity index (χ3n) is 4.06. The van der Waals surface area contributed by atoms with E-state index in [-0.39, 0.29) is 0 Å². The standard InChI is InChI=1S/C18H22N2/c1-2-20-14-8-13-19-18(15-9-4-3-5-10-15)16-11-6-7-12-17(16)20/h3-7,9-12,18-19H,2,8,13-14H2,1H3. The fourth-order valence-corrected chi connectivity index (χ4v) is 3.04. The second kappa shape index (κ2) is 6.10. The maximum Gasteiger partial charge on any atom is 0.0597 e. The zero-order chi connectivity index (χ0) is 13.8. The molecular weight excluding hydrogens is 244 g/mol. The van der Waals surface area contributed by atoms with Crippen molar-refractivity contribution in [1.29, 1.82) is 0 Å². The Balaban J connectivity index is 2.06. The molecule has 0 saturated heterocycles. The van der Waals surface area contributed by atoms with Crippen molar-refractivity contribution in [3.05, 3.63) is 65.7 Å². The SMILES string of the molecule is CCN1CCCNC(c2ccccc2)c2ccccc21. The van der Waals surface area contributed by atoms with Crippen LogP contribution in [0.1, 0.15) is 30.5 Å². The largest absolute Gasteiger partial charge is 0.371 e. The van der Waals surface area contributed by atoms with Gasteiger partial charge in [-0.05, 0) is 37.1 Å². The number of para-hydroxylation sites is 1. The lowest BCUT2D eigenvalue weighted by Crippen LogP contribution is -2.34. The number of fused-ring (bicyclic) bond motifs is 1. The Morgan fingerprint density at radius 2 is 1.80 bits per heavy atom. The molecule has 0 saturated carbocycles. The van der Waals surface area contributed by atoms with E-state index in [0.717, 1.165) is 19.6 Å². The fourth-order valence-electron chi connectivity index (χ4n) is 3.04. The molecule has 1 aliphatic heterocycles. The minimum atomic E-state index is 0.293. The first-order valence-corrected chi connectivity index (χ1v) is 7.52. The van der Waals surface area contributed by atoms with Crippen LogP contribution in [0.4, 0.5) is 5.69 Å². The molecule has 2 nitrogen and oxygen atoms in total. The molecule has 0 amide bonds. The summed E-state index contributed by atoms with van der Waals surface area (Å²) in [5.41, 5.74) is 4.11. The van der Waals surface area contributed by atoms with Crippen LogP contribution in [0.15, 0.2) is 54.6 Å². The quantitative estimate of drug-likeness (QED) is 0.893. The minimum absolute atomic E-state index is 0.293. The number of rotatable bonds is 2. The van der Waals surface area contributed by atoms with E-state index in [1.165, 1.54) is 23.2 Å². The van der Waals surface area contributed by atoms with Crippen molar-refractivity contribution < 1.29 is 0 Å². The van der Waals surface area contributed by atoms with Crippen LogP contribution in [0.3, 0.4) is 0 Å². The van der Waals surface area contributed by atoms with Crippen LogP contribution < -0.4 is 10.2 Å². The molecule has 2 heteroatoms. The molecule has 20 heavy (non-hydrogen) atoms. The normalized spacial score (nSPS) is 19.1. The van der Waals surface area contributed by atoms with Gasteiger partial charge in [0.25, 0.3) is 0 Å². The Kier molecular flexibility index (Phi) is 4.03. The fraction of sp³-hybridized carbons (Fsp3) is 0.333. The molecular formula is C18H22N2. The molecule has 0 spiro atoms. The van der Waals surface area contributed by atoms with E-state index < -0.39 is 0 Å². The predicted octanol–water partition coefficient (Wildman–Crippen LogP) is 3.60. The molecule has 0 radical (unpaired) electrons. The summed E-state index contributed by atoms with van der Waals surface area (Å²) < 4.78 is 0. The number of hydrogen-bond donors (Lipinski definition) is 1. The Morgan fingerprint density at radius 3 is 2.60 bits per heavy atom. The van der Waals surface area contributed by atoms with Gasteiger partial charge in [-0.1, -0.05) is 48.5 Å². The van der Waals surface area contributed by atoms with Crippen LogP contribution in [0, 0.1) is 0 Å². The maximum atomic E-state index is 3.71. The van der Waals surface area contributed by atoms with E-state index in [4.69, 9.17) is 0 Å². The summed E-state index contributed by atoms with van der Waals surface area (Å²) in [7, 11) is 0. The summed E-state index contributed by atoms with van der Waals surface area (Å²) in [6, 6.07) is 19.8. The third-order valence-corrected chi connectivity index (χ3v) is 4.06. The summed E-state index contributed by atoms with van der Waals surface area (Å²) in [6.45, 7) is 5.49. The number of nitrogens with zero attached hydrogens (tertiary/aromatic N) is 1. The van der Waals surface area contributed by atoms with E-state index in [1.54, 1.807) is 0 Å². The summed E-state index contributed by atoms with van der Waals surface area (Å²) in [5.74, 6) is 0. The second-order valence-electron chi connectivity index (χ2n) is 5.29. The van der Waals surface area contributed by atoms with E-state index in [9.17, 15) is 0 Å². The third kappa shape index (κ3) is 2.56. The highest BCUT2D eigenvalue weighted by atomic mass is 15.1. The van der Waals surface area contributed by atoms with E-state index in [0.29, 0.717) is 6.04 Å².